The van der Waals surface area contributed by atoms with Crippen molar-refractivity contribution in [3.63, 3.8) is 0 Å². The quantitative estimate of drug-likeness (QED) is 0.899. The molecule has 1 aromatic heterocycles. The number of nitrogens with zero attached hydrogens (tertiary/aromatic N) is 2. The molecule has 1 heterocycles. The van der Waals surface area contributed by atoms with Gasteiger partial charge in [-0.1, -0.05) is 31.0 Å². The third-order valence-electron chi connectivity index (χ3n) is 3.88. The average molecular weight is 293 g/mol. The highest BCUT2D eigenvalue weighted by Gasteiger charge is 2.14. The highest BCUT2D eigenvalue weighted by molar-refractivity contribution is 5.56. The summed E-state index contributed by atoms with van der Waals surface area (Å²) in [6.07, 6.45) is 5.42. The summed E-state index contributed by atoms with van der Waals surface area (Å²) in [7, 11) is 0. The molecule has 0 saturated heterocycles. The molecule has 112 valence electrons. The molecular formula is C18H19N3O. The predicted molar refractivity (Wildman–Crippen MR) is 85.7 cm³/mol. The lowest BCUT2D eigenvalue weighted by molar-refractivity contribution is 0.0457. The van der Waals surface area contributed by atoms with Crippen molar-refractivity contribution < 1.29 is 4.74 Å². The molecular weight excluding hydrogens is 274 g/mol. The number of benzene rings is 1. The van der Waals surface area contributed by atoms with Gasteiger partial charge in [0, 0.05) is 5.69 Å². The van der Waals surface area contributed by atoms with Crippen molar-refractivity contribution in [2.24, 2.45) is 0 Å². The van der Waals surface area contributed by atoms with Crippen molar-refractivity contribution in [1.29, 1.82) is 5.26 Å². The van der Waals surface area contributed by atoms with E-state index in [2.05, 4.69) is 22.4 Å². The standard InChI is InChI=1S/C18H19N3O/c19-12-16-4-3-7-18(21-16)20-15-10-8-14(9-11-15)13-22-17-5-1-2-6-17/h3-4,7-11,17H,1-2,5-6,13H2,(H,20,21). The van der Waals surface area contributed by atoms with E-state index in [-0.39, 0.29) is 0 Å². The first kappa shape index (κ1) is 14.6. The lowest BCUT2D eigenvalue weighted by atomic mass is 10.2. The molecule has 1 fully saturated rings. The molecule has 0 radical (unpaired) electrons. The van der Waals surface area contributed by atoms with Crippen LogP contribution in [0.15, 0.2) is 42.5 Å². The number of pyridine rings is 1. The number of ether oxygens (including phenoxy) is 1. The number of nitrogens with one attached hydrogen (secondary N) is 1. The van der Waals surface area contributed by atoms with Gasteiger partial charge in [-0.15, -0.1) is 0 Å². The first-order valence-corrected chi connectivity index (χ1v) is 7.68. The summed E-state index contributed by atoms with van der Waals surface area (Å²) in [5.74, 6) is 0.675. The van der Waals surface area contributed by atoms with Gasteiger partial charge in [-0.2, -0.15) is 5.26 Å². The summed E-state index contributed by atoms with van der Waals surface area (Å²) in [4.78, 5) is 4.20. The van der Waals surface area contributed by atoms with E-state index in [1.165, 1.54) is 31.2 Å². The van der Waals surface area contributed by atoms with Gasteiger partial charge in [0.05, 0.1) is 12.7 Å². The fourth-order valence-electron chi connectivity index (χ4n) is 2.67. The number of rotatable bonds is 5. The molecule has 4 nitrogen and oxygen atoms in total. The predicted octanol–water partition coefficient (Wildman–Crippen LogP) is 4.16. The molecule has 0 unspecified atom stereocenters. The molecule has 1 aliphatic rings. The minimum atomic E-state index is 0.409. The Morgan fingerprint density at radius 1 is 1.14 bits per heavy atom. The molecule has 0 atom stereocenters. The molecule has 4 heteroatoms. The van der Waals surface area contributed by atoms with Gasteiger partial charge in [0.25, 0.3) is 0 Å². The zero-order valence-electron chi connectivity index (χ0n) is 12.5. The summed E-state index contributed by atoms with van der Waals surface area (Å²) in [6, 6.07) is 15.5. The van der Waals surface area contributed by atoms with Crippen LogP contribution in [0.5, 0.6) is 0 Å². The molecule has 0 amide bonds. The van der Waals surface area contributed by atoms with Gasteiger partial charge in [-0.05, 0) is 42.7 Å². The third-order valence-corrected chi connectivity index (χ3v) is 3.88. The molecule has 2 aromatic rings. The normalized spacial score (nSPS) is 14.7. The molecule has 3 rings (SSSR count). The van der Waals surface area contributed by atoms with Crippen LogP contribution in [0.1, 0.15) is 36.9 Å². The SMILES string of the molecule is N#Cc1cccc(Nc2ccc(COC3CCCC3)cc2)n1. The lowest BCUT2D eigenvalue weighted by Crippen LogP contribution is -2.07. The minimum absolute atomic E-state index is 0.409. The molecule has 1 N–H and O–H groups in total. The molecule has 0 spiro atoms. The van der Waals surface area contributed by atoms with E-state index < -0.39 is 0 Å². The molecule has 1 saturated carbocycles. The van der Waals surface area contributed by atoms with Gasteiger partial charge in [-0.25, -0.2) is 4.98 Å². The van der Waals surface area contributed by atoms with Gasteiger partial charge in [0.2, 0.25) is 0 Å². The van der Waals surface area contributed by atoms with E-state index >= 15 is 0 Å². The maximum absolute atomic E-state index is 8.86. The second-order valence-electron chi connectivity index (χ2n) is 5.56. The Morgan fingerprint density at radius 3 is 2.64 bits per heavy atom. The first-order chi connectivity index (χ1) is 10.8. The van der Waals surface area contributed by atoms with Crippen LogP contribution >= 0.6 is 0 Å². The summed E-state index contributed by atoms with van der Waals surface area (Å²) < 4.78 is 5.91. The van der Waals surface area contributed by atoms with Crippen molar-refractivity contribution in [2.75, 3.05) is 5.32 Å². The van der Waals surface area contributed by atoms with Crippen LogP contribution in [0.3, 0.4) is 0 Å². The lowest BCUT2D eigenvalue weighted by Gasteiger charge is -2.11. The summed E-state index contributed by atoms with van der Waals surface area (Å²) in [5, 5.41) is 12.1. The number of aromatic nitrogens is 1. The Morgan fingerprint density at radius 2 is 1.91 bits per heavy atom. The van der Waals surface area contributed by atoms with Crippen molar-refractivity contribution in [1.82, 2.24) is 4.98 Å². The van der Waals surface area contributed by atoms with Crippen LogP contribution in [0.25, 0.3) is 0 Å². The van der Waals surface area contributed by atoms with Crippen molar-refractivity contribution in [3.8, 4) is 6.07 Å². The Kier molecular flexibility index (Phi) is 4.67. The number of hydrogen-bond acceptors (Lipinski definition) is 4. The van der Waals surface area contributed by atoms with Crippen molar-refractivity contribution in [3.05, 3.63) is 53.7 Å². The maximum Gasteiger partial charge on any atom is 0.142 e. The van der Waals surface area contributed by atoms with Crippen LogP contribution < -0.4 is 5.32 Å². The Hall–Kier alpha value is -2.38. The largest absolute Gasteiger partial charge is 0.374 e. The zero-order chi connectivity index (χ0) is 15.2. The van der Waals surface area contributed by atoms with Crippen LogP contribution in [-0.4, -0.2) is 11.1 Å². The van der Waals surface area contributed by atoms with E-state index in [1.54, 1.807) is 6.07 Å². The van der Waals surface area contributed by atoms with Crippen molar-refractivity contribution in [2.45, 2.75) is 38.4 Å². The number of nitriles is 1. The van der Waals surface area contributed by atoms with E-state index in [1.807, 2.05) is 30.3 Å². The highest BCUT2D eigenvalue weighted by atomic mass is 16.5. The molecule has 1 aliphatic carbocycles. The van der Waals surface area contributed by atoms with E-state index in [4.69, 9.17) is 10.00 Å². The molecule has 22 heavy (non-hydrogen) atoms. The Labute approximate surface area is 130 Å². The smallest absolute Gasteiger partial charge is 0.142 e. The van der Waals surface area contributed by atoms with Gasteiger partial charge < -0.3 is 10.1 Å². The third kappa shape index (κ3) is 3.84. The van der Waals surface area contributed by atoms with Gasteiger partial charge in [-0.3, -0.25) is 0 Å². The van der Waals surface area contributed by atoms with E-state index in [0.29, 0.717) is 24.2 Å². The molecule has 0 bridgehead atoms. The summed E-state index contributed by atoms with van der Waals surface area (Å²) in [5.41, 5.74) is 2.54. The fourth-order valence-corrected chi connectivity index (χ4v) is 2.67. The fraction of sp³-hybridized carbons (Fsp3) is 0.333. The van der Waals surface area contributed by atoms with Crippen molar-refractivity contribution >= 4 is 11.5 Å². The summed E-state index contributed by atoms with van der Waals surface area (Å²) >= 11 is 0. The highest BCUT2D eigenvalue weighted by Crippen LogP contribution is 2.22. The second kappa shape index (κ2) is 7.06. The van der Waals surface area contributed by atoms with Gasteiger partial charge in [0.1, 0.15) is 17.6 Å². The molecule has 0 aliphatic heterocycles. The molecule has 1 aromatic carbocycles. The number of anilines is 2. The second-order valence-corrected chi connectivity index (χ2v) is 5.56. The Balaban J connectivity index is 1.57. The minimum Gasteiger partial charge on any atom is -0.374 e. The number of hydrogen-bond donors (Lipinski definition) is 1. The van der Waals surface area contributed by atoms with Gasteiger partial charge >= 0.3 is 0 Å². The van der Waals surface area contributed by atoms with E-state index in [0.717, 1.165) is 5.69 Å². The topological polar surface area (TPSA) is 57.9 Å². The van der Waals surface area contributed by atoms with Crippen LogP contribution in [-0.2, 0) is 11.3 Å². The van der Waals surface area contributed by atoms with Crippen LogP contribution in [0, 0.1) is 11.3 Å². The van der Waals surface area contributed by atoms with Crippen LogP contribution in [0.2, 0.25) is 0 Å². The summed E-state index contributed by atoms with van der Waals surface area (Å²) in [6.45, 7) is 0.674. The average Bonchev–Trinajstić information content (AvgIpc) is 3.08. The Bertz CT molecular complexity index is 655. The van der Waals surface area contributed by atoms with Gasteiger partial charge in [0.15, 0.2) is 0 Å². The maximum atomic E-state index is 8.86. The van der Waals surface area contributed by atoms with E-state index in [9.17, 15) is 0 Å². The zero-order valence-corrected chi connectivity index (χ0v) is 12.5. The van der Waals surface area contributed by atoms with Crippen LogP contribution in [0.4, 0.5) is 11.5 Å². The monoisotopic (exact) mass is 293 g/mol. The first-order valence-electron chi connectivity index (χ1n) is 7.68.